The highest BCUT2D eigenvalue weighted by Crippen LogP contribution is 2.41. The van der Waals surface area contributed by atoms with E-state index in [1.165, 1.54) is 122 Å². The largest absolute Gasteiger partial charge is 0.393 e. The van der Waals surface area contributed by atoms with E-state index in [4.69, 9.17) is 0 Å². The van der Waals surface area contributed by atoms with E-state index in [2.05, 4.69) is 47.1 Å². The van der Waals surface area contributed by atoms with Gasteiger partial charge in [-0.15, -0.1) is 0 Å². The van der Waals surface area contributed by atoms with Gasteiger partial charge in [0.05, 0.1) is 18.4 Å². The fraction of sp³-hybridized carbons (Fsp3) is 1.00. The minimum atomic E-state index is -0.449. The lowest BCUT2D eigenvalue weighted by Crippen LogP contribution is -2.61. The highest BCUT2D eigenvalue weighted by molar-refractivity contribution is 5.04. The first-order valence-corrected chi connectivity index (χ1v) is 20.8. The van der Waals surface area contributed by atoms with Crippen molar-refractivity contribution in [3.05, 3.63) is 0 Å². The molecule has 9 rings (SSSR count). The van der Waals surface area contributed by atoms with Crippen molar-refractivity contribution in [2.75, 3.05) is 13.1 Å². The van der Waals surface area contributed by atoms with Crippen LogP contribution in [0.4, 0.5) is 0 Å². The monoisotopic (exact) mass is 670 g/mol. The van der Waals surface area contributed by atoms with Gasteiger partial charge in [-0.2, -0.15) is 10.2 Å². The second-order valence-corrected chi connectivity index (χ2v) is 17.7. The maximum absolute atomic E-state index is 11.8. The number of aliphatic hydroxyl groups is 2. The normalized spacial score (nSPS) is 49.6. The Kier molecular flexibility index (Phi) is 10.1. The molecule has 9 aliphatic rings. The summed E-state index contributed by atoms with van der Waals surface area (Å²) in [6, 6.07) is 5.09. The Labute approximate surface area is 289 Å². The van der Waals surface area contributed by atoms with E-state index in [-0.39, 0.29) is 18.0 Å². The van der Waals surface area contributed by atoms with Crippen LogP contribution in [0.3, 0.4) is 0 Å². The van der Waals surface area contributed by atoms with Crippen LogP contribution < -0.4 is 27.0 Å². The summed E-state index contributed by atoms with van der Waals surface area (Å²) in [5, 5.41) is 32.4. The molecule has 11 heteroatoms. The molecular formula is C37H67N9O2. The Morgan fingerprint density at radius 3 is 1.40 bits per heavy atom. The van der Waals surface area contributed by atoms with Crippen molar-refractivity contribution in [2.24, 2.45) is 5.92 Å². The number of rotatable bonds is 6. The van der Waals surface area contributed by atoms with Gasteiger partial charge in [-0.05, 0) is 116 Å². The molecule has 8 unspecified atom stereocenters. The van der Waals surface area contributed by atoms with Crippen LogP contribution in [0.1, 0.15) is 135 Å². The van der Waals surface area contributed by atoms with Crippen LogP contribution in [0.25, 0.3) is 0 Å². The first kappa shape index (κ1) is 33.4. The van der Waals surface area contributed by atoms with Gasteiger partial charge in [0.1, 0.15) is 0 Å². The number of fused-ring (bicyclic) bond motifs is 3. The van der Waals surface area contributed by atoms with Gasteiger partial charge < -0.3 is 10.2 Å². The zero-order valence-electron chi connectivity index (χ0n) is 29.5. The number of hydrogen-bond acceptors (Lipinski definition) is 11. The van der Waals surface area contributed by atoms with Crippen molar-refractivity contribution in [1.82, 2.24) is 47.1 Å². The lowest BCUT2D eigenvalue weighted by Gasteiger charge is -2.52. The fourth-order valence-corrected chi connectivity index (χ4v) is 12.4. The third-order valence-electron chi connectivity index (χ3n) is 14.9. The van der Waals surface area contributed by atoms with E-state index in [0.717, 1.165) is 25.9 Å². The summed E-state index contributed by atoms with van der Waals surface area (Å²) < 4.78 is 0. The summed E-state index contributed by atoms with van der Waals surface area (Å²) in [7, 11) is 0. The topological polar surface area (TPSA) is 114 Å². The zero-order valence-corrected chi connectivity index (χ0v) is 29.5. The van der Waals surface area contributed by atoms with Gasteiger partial charge in [0.15, 0.2) is 0 Å². The van der Waals surface area contributed by atoms with Crippen LogP contribution in [0.5, 0.6) is 0 Å². The molecule has 4 aliphatic heterocycles. The SMILES string of the molecule is OC1CC(N(C2CCC(N3NC4CCCCC4N3)CC2)C2CCC(N3NC4CCCCC4N3)CC2)CC(O)C1C1CN2CCCCC2N1. The van der Waals surface area contributed by atoms with Crippen LogP contribution in [-0.4, -0.2) is 122 Å². The fourth-order valence-electron chi connectivity index (χ4n) is 12.4. The predicted molar refractivity (Wildman–Crippen MR) is 187 cm³/mol. The first-order chi connectivity index (χ1) is 23.6. The third-order valence-corrected chi connectivity index (χ3v) is 14.9. The molecule has 0 radical (unpaired) electrons. The van der Waals surface area contributed by atoms with E-state index in [1.54, 1.807) is 0 Å². The number of hydrogen-bond donors (Lipinski definition) is 7. The summed E-state index contributed by atoms with van der Waals surface area (Å²) in [6.45, 7) is 2.13. The second-order valence-electron chi connectivity index (χ2n) is 17.7. The average Bonchev–Trinajstić information content (AvgIpc) is 3.85. The van der Waals surface area contributed by atoms with Crippen molar-refractivity contribution >= 4 is 0 Å². The standard InChI is InChI=1S/C37H67N9O2/c47-34-21-28(22-35(48)37(34)33-23-43-20-6-5-11-36(43)38-33)44(24-12-16-26(17-13-24)45-39-29-7-1-2-8-30(29)40-45)25-14-18-27(19-15-25)46-41-31-9-3-4-10-32(31)42-46/h24-42,47-48H,1-23H2. The molecule has 11 nitrogen and oxygen atoms in total. The van der Waals surface area contributed by atoms with Gasteiger partial charge in [-0.3, -0.25) is 15.1 Å². The Morgan fingerprint density at radius 1 is 0.479 bits per heavy atom. The van der Waals surface area contributed by atoms with Gasteiger partial charge >= 0.3 is 0 Å². The highest BCUT2D eigenvalue weighted by Gasteiger charge is 2.49. The molecule has 0 spiro atoms. The van der Waals surface area contributed by atoms with Gasteiger partial charge in [0.25, 0.3) is 0 Å². The second kappa shape index (κ2) is 14.5. The van der Waals surface area contributed by atoms with Gasteiger partial charge in [-0.25, -0.2) is 21.7 Å². The summed E-state index contributed by atoms with van der Waals surface area (Å²) in [5.41, 5.74) is 15.4. The molecule has 48 heavy (non-hydrogen) atoms. The van der Waals surface area contributed by atoms with E-state index in [0.29, 0.717) is 54.5 Å². The minimum absolute atomic E-state index is 0.0631. The summed E-state index contributed by atoms with van der Waals surface area (Å²) in [4.78, 5) is 5.47. The van der Waals surface area contributed by atoms with Crippen molar-refractivity contribution in [1.29, 1.82) is 0 Å². The molecule has 0 aromatic heterocycles. The van der Waals surface area contributed by atoms with Crippen LogP contribution in [-0.2, 0) is 0 Å². The molecular weight excluding hydrogens is 602 g/mol. The predicted octanol–water partition coefficient (Wildman–Crippen LogP) is 2.47. The number of nitrogens with zero attached hydrogens (tertiary/aromatic N) is 4. The smallest absolute Gasteiger partial charge is 0.0623 e. The average molecular weight is 670 g/mol. The lowest BCUT2D eigenvalue weighted by atomic mass is 9.74. The van der Waals surface area contributed by atoms with E-state index in [9.17, 15) is 10.2 Å². The van der Waals surface area contributed by atoms with Crippen LogP contribution in [0.15, 0.2) is 0 Å². The van der Waals surface area contributed by atoms with Gasteiger partial charge in [0.2, 0.25) is 0 Å². The molecule has 0 aromatic rings. The molecule has 5 aliphatic carbocycles. The summed E-state index contributed by atoms with van der Waals surface area (Å²) in [5.74, 6) is -0.0631. The van der Waals surface area contributed by atoms with E-state index >= 15 is 0 Å². The maximum Gasteiger partial charge on any atom is 0.0623 e. The van der Waals surface area contributed by atoms with E-state index < -0.39 is 12.2 Å². The lowest BCUT2D eigenvalue weighted by molar-refractivity contribution is -0.0945. The number of piperidine rings is 1. The molecule has 8 atom stereocenters. The first-order valence-electron chi connectivity index (χ1n) is 20.8. The Balaban J connectivity index is 0.867. The van der Waals surface area contributed by atoms with Crippen LogP contribution in [0, 0.1) is 5.92 Å². The van der Waals surface area contributed by atoms with Crippen molar-refractivity contribution in [2.45, 2.75) is 214 Å². The molecule has 9 fully saturated rings. The van der Waals surface area contributed by atoms with Gasteiger partial charge in [-0.1, -0.05) is 25.7 Å². The van der Waals surface area contributed by atoms with Crippen molar-refractivity contribution in [3.63, 3.8) is 0 Å². The van der Waals surface area contributed by atoms with Crippen molar-refractivity contribution in [3.8, 4) is 0 Å². The summed E-state index contributed by atoms with van der Waals surface area (Å²) in [6.07, 6.45) is 25.2. The quantitative estimate of drug-likeness (QED) is 0.227. The molecule has 272 valence electrons. The molecule has 0 bridgehead atoms. The maximum atomic E-state index is 11.8. The number of aliphatic hydroxyl groups excluding tert-OH is 2. The number of nitrogens with one attached hydrogen (secondary N) is 5. The molecule has 0 aromatic carbocycles. The number of hydrazine groups is 4. The van der Waals surface area contributed by atoms with E-state index in [1.807, 2.05) is 0 Å². The van der Waals surface area contributed by atoms with Crippen LogP contribution in [0.2, 0.25) is 0 Å². The summed E-state index contributed by atoms with van der Waals surface area (Å²) >= 11 is 0. The molecule has 4 heterocycles. The van der Waals surface area contributed by atoms with Gasteiger partial charge in [0, 0.05) is 72.9 Å². The molecule has 7 N–H and O–H groups in total. The zero-order chi connectivity index (χ0) is 32.2. The molecule has 4 saturated heterocycles. The van der Waals surface area contributed by atoms with Crippen LogP contribution >= 0.6 is 0 Å². The van der Waals surface area contributed by atoms with Crippen molar-refractivity contribution < 1.29 is 10.2 Å². The Morgan fingerprint density at radius 2 is 0.938 bits per heavy atom. The third kappa shape index (κ3) is 6.66. The Bertz CT molecular complexity index is 965. The molecule has 5 saturated carbocycles. The highest BCUT2D eigenvalue weighted by atomic mass is 16.3. The minimum Gasteiger partial charge on any atom is -0.393 e. The Hall–Kier alpha value is -0.440. The molecule has 0 amide bonds.